The fraction of sp³-hybridized carbons (Fsp3) is 0.140. The van der Waals surface area contributed by atoms with Crippen LogP contribution in [0.2, 0.25) is 0 Å². The van der Waals surface area contributed by atoms with Gasteiger partial charge in [-0.25, -0.2) is 0 Å². The van der Waals surface area contributed by atoms with Gasteiger partial charge in [0.1, 0.15) is 0 Å². The van der Waals surface area contributed by atoms with Gasteiger partial charge in [-0.1, -0.05) is 151 Å². The van der Waals surface area contributed by atoms with E-state index in [4.69, 9.17) is 0 Å². The van der Waals surface area contributed by atoms with E-state index in [2.05, 4.69) is 221 Å². The second kappa shape index (κ2) is 14.0. The fourth-order valence-electron chi connectivity index (χ4n) is 8.91. The zero-order valence-electron chi connectivity index (χ0n) is 35.1. The van der Waals surface area contributed by atoms with Crippen molar-refractivity contribution in [3.8, 4) is 50.8 Å². The molecule has 2 aromatic heterocycles. The summed E-state index contributed by atoms with van der Waals surface area (Å²) in [5.74, 6) is 0. The summed E-state index contributed by atoms with van der Waals surface area (Å²) in [6.07, 6.45) is 0. The summed E-state index contributed by atoms with van der Waals surface area (Å²) >= 11 is 0. The zero-order chi connectivity index (χ0) is 41.3. The van der Waals surface area contributed by atoms with Crippen molar-refractivity contribution in [2.45, 2.75) is 52.4 Å². The van der Waals surface area contributed by atoms with Gasteiger partial charge in [-0.3, -0.25) is 0 Å². The maximum atomic E-state index is 9.73. The van der Waals surface area contributed by atoms with Gasteiger partial charge < -0.3 is 9.13 Å². The highest BCUT2D eigenvalue weighted by Crippen LogP contribution is 2.42. The van der Waals surface area contributed by atoms with Gasteiger partial charge in [0.2, 0.25) is 0 Å². The molecular weight excluding hydrogens is 727 g/mol. The van der Waals surface area contributed by atoms with E-state index in [0.717, 1.165) is 44.6 Å². The van der Waals surface area contributed by atoms with Gasteiger partial charge in [0.05, 0.1) is 33.7 Å². The maximum absolute atomic E-state index is 9.73. The summed E-state index contributed by atoms with van der Waals surface area (Å²) in [5.41, 5.74) is 16.9. The van der Waals surface area contributed by atoms with Crippen molar-refractivity contribution in [1.29, 1.82) is 5.26 Å². The number of benzene rings is 8. The number of nitriles is 1. The van der Waals surface area contributed by atoms with Crippen LogP contribution in [-0.2, 0) is 10.8 Å². The lowest BCUT2D eigenvalue weighted by molar-refractivity contribution is 0.591. The third-order valence-corrected chi connectivity index (χ3v) is 12.2. The quantitative estimate of drug-likeness (QED) is 0.171. The van der Waals surface area contributed by atoms with E-state index in [9.17, 15) is 5.26 Å². The molecule has 0 spiro atoms. The molecule has 0 aliphatic carbocycles. The smallest absolute Gasteiger partial charge is 0.0991 e. The van der Waals surface area contributed by atoms with E-state index in [1.165, 1.54) is 54.9 Å². The Hall–Kier alpha value is -7.15. The molecule has 0 unspecified atom stereocenters. The summed E-state index contributed by atoms with van der Waals surface area (Å²) in [5, 5.41) is 14.7. The molecule has 10 rings (SSSR count). The van der Waals surface area contributed by atoms with Gasteiger partial charge in [0.25, 0.3) is 0 Å². The Bertz CT molecular complexity index is 3110. The molecule has 0 fully saturated rings. The zero-order valence-corrected chi connectivity index (χ0v) is 35.1. The lowest BCUT2D eigenvalue weighted by Crippen LogP contribution is -2.10. The van der Waals surface area contributed by atoms with Crippen LogP contribution < -0.4 is 0 Å². The summed E-state index contributed by atoms with van der Waals surface area (Å²) in [4.78, 5) is 0. The first-order chi connectivity index (χ1) is 28.9. The second-order valence-corrected chi connectivity index (χ2v) is 18.3. The molecule has 0 atom stereocenters. The molecule has 0 aliphatic heterocycles. The van der Waals surface area contributed by atoms with Crippen molar-refractivity contribution < 1.29 is 0 Å². The molecule has 3 heteroatoms. The summed E-state index contributed by atoms with van der Waals surface area (Å²) in [6, 6.07) is 66.5. The molecule has 0 saturated carbocycles. The van der Waals surface area contributed by atoms with Crippen molar-refractivity contribution in [1.82, 2.24) is 9.13 Å². The fourth-order valence-corrected chi connectivity index (χ4v) is 8.91. The van der Waals surface area contributed by atoms with Crippen LogP contribution in [-0.4, -0.2) is 9.13 Å². The molecule has 0 radical (unpaired) electrons. The van der Waals surface area contributed by atoms with Crippen LogP contribution in [0.3, 0.4) is 0 Å². The maximum Gasteiger partial charge on any atom is 0.0991 e. The number of hydrogen-bond donors (Lipinski definition) is 0. The van der Waals surface area contributed by atoms with Crippen molar-refractivity contribution in [2.75, 3.05) is 0 Å². The Morgan fingerprint density at radius 2 is 0.767 bits per heavy atom. The molecule has 290 valence electrons. The van der Waals surface area contributed by atoms with E-state index < -0.39 is 0 Å². The molecule has 0 bridgehead atoms. The van der Waals surface area contributed by atoms with E-state index in [1.54, 1.807) is 0 Å². The Balaban J connectivity index is 1.31. The molecular formula is C57H47N3. The van der Waals surface area contributed by atoms with Gasteiger partial charge in [-0.15, -0.1) is 0 Å². The van der Waals surface area contributed by atoms with Gasteiger partial charge >= 0.3 is 0 Å². The number of fused-ring (bicyclic) bond motifs is 6. The van der Waals surface area contributed by atoms with Crippen molar-refractivity contribution in [2.24, 2.45) is 0 Å². The van der Waals surface area contributed by atoms with Gasteiger partial charge in [-0.05, 0) is 122 Å². The Morgan fingerprint density at radius 1 is 0.350 bits per heavy atom. The molecule has 0 aliphatic rings. The molecule has 60 heavy (non-hydrogen) atoms. The van der Waals surface area contributed by atoms with Crippen LogP contribution >= 0.6 is 0 Å². The van der Waals surface area contributed by atoms with Crippen molar-refractivity contribution in [3.05, 3.63) is 193 Å². The normalized spacial score (nSPS) is 12.2. The van der Waals surface area contributed by atoms with Crippen LogP contribution in [0.25, 0.3) is 88.4 Å². The molecule has 2 heterocycles. The average Bonchev–Trinajstić information content (AvgIpc) is 3.77. The Kier molecular flexibility index (Phi) is 8.67. The van der Waals surface area contributed by atoms with Crippen LogP contribution in [0.15, 0.2) is 176 Å². The lowest BCUT2D eigenvalue weighted by atomic mass is 9.86. The third-order valence-electron chi connectivity index (χ3n) is 12.2. The first kappa shape index (κ1) is 37.1. The Morgan fingerprint density at radius 3 is 1.18 bits per heavy atom. The molecule has 10 aromatic rings. The molecule has 0 saturated heterocycles. The molecule has 3 nitrogen and oxygen atoms in total. The Labute approximate surface area is 352 Å². The molecule has 8 aromatic carbocycles. The number of nitrogens with zero attached hydrogens (tertiary/aromatic N) is 3. The number of hydrogen-bond acceptors (Lipinski definition) is 1. The van der Waals surface area contributed by atoms with Crippen molar-refractivity contribution in [3.63, 3.8) is 0 Å². The summed E-state index contributed by atoms with van der Waals surface area (Å²) in [6.45, 7) is 13.7. The van der Waals surface area contributed by atoms with E-state index >= 15 is 0 Å². The predicted octanol–water partition coefficient (Wildman–Crippen LogP) is 15.3. The van der Waals surface area contributed by atoms with Gasteiger partial charge in [0.15, 0.2) is 0 Å². The number of aromatic nitrogens is 2. The number of rotatable bonds is 5. The van der Waals surface area contributed by atoms with E-state index in [-0.39, 0.29) is 10.8 Å². The highest BCUT2D eigenvalue weighted by atomic mass is 15.0. The topological polar surface area (TPSA) is 33.6 Å². The highest BCUT2D eigenvalue weighted by molar-refractivity contribution is 6.12. The highest BCUT2D eigenvalue weighted by Gasteiger charge is 2.22. The molecule has 0 N–H and O–H groups in total. The van der Waals surface area contributed by atoms with Gasteiger partial charge in [-0.2, -0.15) is 5.26 Å². The second-order valence-electron chi connectivity index (χ2n) is 18.3. The SMILES string of the molecule is CC(C)(C)c1ccc2c(c1)c1ccc(-c3ccccc3)cc1n2-c1cc(-c2ccc(C#N)cc2)cc(-n2c3ccc(C(C)(C)C)cc3c3ccc(-c4ccccc4)cc32)c1. The monoisotopic (exact) mass is 773 g/mol. The van der Waals surface area contributed by atoms with Crippen LogP contribution in [0.5, 0.6) is 0 Å². The predicted molar refractivity (Wildman–Crippen MR) is 254 cm³/mol. The van der Waals surface area contributed by atoms with Crippen LogP contribution in [0.1, 0.15) is 58.2 Å². The minimum atomic E-state index is -0.00272. The van der Waals surface area contributed by atoms with E-state index in [0.29, 0.717) is 5.56 Å². The van der Waals surface area contributed by atoms with Gasteiger partial charge in [0, 0.05) is 32.9 Å². The first-order valence-corrected chi connectivity index (χ1v) is 20.9. The summed E-state index contributed by atoms with van der Waals surface area (Å²) < 4.78 is 4.92. The summed E-state index contributed by atoms with van der Waals surface area (Å²) in [7, 11) is 0. The lowest BCUT2D eigenvalue weighted by Gasteiger charge is -2.20. The third kappa shape index (κ3) is 6.37. The standard InChI is InChI=1S/C57H47N3/c1-56(2,3)44-23-27-52-50(33-44)48-25-21-41(38-13-9-7-10-14-38)31-54(48)59(52)46-29-43(40-19-17-37(36-58)18-20-40)30-47(35-46)60-53-28-24-45(57(4,5)6)34-51(53)49-26-22-42(32-55(49)60)39-15-11-8-12-16-39/h7-35H,1-6H3. The largest absolute Gasteiger partial charge is 0.309 e. The van der Waals surface area contributed by atoms with E-state index in [1.807, 2.05) is 12.1 Å². The average molecular weight is 774 g/mol. The van der Waals surface area contributed by atoms with Crippen LogP contribution in [0.4, 0.5) is 0 Å². The van der Waals surface area contributed by atoms with Crippen molar-refractivity contribution >= 4 is 43.6 Å². The van der Waals surface area contributed by atoms with Crippen LogP contribution in [0, 0.1) is 11.3 Å². The minimum Gasteiger partial charge on any atom is -0.309 e. The molecule has 0 amide bonds. The minimum absolute atomic E-state index is 0.00272. The first-order valence-electron chi connectivity index (χ1n) is 20.9.